The first-order valence-electron chi connectivity index (χ1n) is 8.20. The predicted octanol–water partition coefficient (Wildman–Crippen LogP) is 6.66. The molecule has 1 unspecified atom stereocenters. The molecule has 0 nitrogen and oxygen atoms in total. The van der Waals surface area contributed by atoms with Gasteiger partial charge in [-0.05, 0) is 48.3 Å². The van der Waals surface area contributed by atoms with E-state index < -0.39 is 7.27 Å². The van der Waals surface area contributed by atoms with E-state index in [1.165, 1.54) is 33.1 Å². The number of aryl methyl sites for hydroxylation is 3. The number of rotatable bonds is 4. The first-order chi connectivity index (χ1) is 11.6. The second kappa shape index (κ2) is 7.51. The van der Waals surface area contributed by atoms with Crippen LogP contribution in [0.25, 0.3) is 0 Å². The largest absolute Gasteiger partial charge is 0.0901 e. The van der Waals surface area contributed by atoms with Crippen LogP contribution in [-0.2, 0) is 0 Å². The zero-order valence-electron chi connectivity index (χ0n) is 14.3. The summed E-state index contributed by atoms with van der Waals surface area (Å²) >= 11 is 7.17. The van der Waals surface area contributed by atoms with E-state index in [1.807, 2.05) is 0 Å². The van der Waals surface area contributed by atoms with Gasteiger partial charge in [0.15, 0.2) is 0 Å². The van der Waals surface area contributed by atoms with Crippen LogP contribution in [0.15, 0.2) is 72.8 Å². The summed E-state index contributed by atoms with van der Waals surface area (Å²) < 4.78 is 0. The lowest BCUT2D eigenvalue weighted by Gasteiger charge is -2.26. The van der Waals surface area contributed by atoms with Crippen LogP contribution in [0.2, 0.25) is 0 Å². The molecule has 1 atom stereocenters. The van der Waals surface area contributed by atoms with Crippen LogP contribution in [-0.4, -0.2) is 0 Å². The number of hydrogen-bond donors (Lipinski definition) is 0. The molecule has 0 aromatic heterocycles. The fourth-order valence-corrected chi connectivity index (χ4v) is 6.77. The Morgan fingerprint density at radius 3 is 1.54 bits per heavy atom. The van der Waals surface area contributed by atoms with Crippen LogP contribution in [0.1, 0.15) is 33.5 Å². The van der Waals surface area contributed by atoms with Crippen molar-refractivity contribution in [1.29, 1.82) is 0 Å². The molecule has 0 saturated heterocycles. The van der Waals surface area contributed by atoms with Gasteiger partial charge in [-0.15, -0.1) is 0 Å². The highest BCUT2D eigenvalue weighted by molar-refractivity contribution is 7.90. The van der Waals surface area contributed by atoms with E-state index in [0.717, 1.165) is 0 Å². The average Bonchev–Trinajstić information content (AvgIpc) is 2.56. The highest BCUT2D eigenvalue weighted by Crippen LogP contribution is 2.58. The Morgan fingerprint density at radius 1 is 0.708 bits per heavy atom. The molecule has 0 heterocycles. The van der Waals surface area contributed by atoms with Gasteiger partial charge in [0.05, 0.1) is 0 Å². The molecule has 3 aromatic rings. The average molecular weight is 353 g/mol. The lowest BCUT2D eigenvalue weighted by atomic mass is 10.0. The standard InChI is InChI=1S/C22H22ClP/c1-16-14-17(2)21(18(3)15-16)24(23)22(19-10-6-4-7-11-19)20-12-8-5-9-13-20/h4-15,22H,1-3H3. The molecule has 0 bridgehead atoms. The van der Waals surface area contributed by atoms with Gasteiger partial charge in [-0.3, -0.25) is 0 Å². The first kappa shape index (κ1) is 17.2. The Hall–Kier alpha value is -1.62. The van der Waals surface area contributed by atoms with Crippen molar-refractivity contribution >= 4 is 23.8 Å². The van der Waals surface area contributed by atoms with Gasteiger partial charge < -0.3 is 0 Å². The molecule has 24 heavy (non-hydrogen) atoms. The summed E-state index contributed by atoms with van der Waals surface area (Å²) in [5.41, 5.74) is 6.65. The first-order valence-corrected chi connectivity index (χ1v) is 10.5. The van der Waals surface area contributed by atoms with Gasteiger partial charge in [-0.25, -0.2) is 0 Å². The second-order valence-corrected chi connectivity index (χ2v) is 8.96. The Bertz CT molecular complexity index is 749. The van der Waals surface area contributed by atoms with Gasteiger partial charge in [0.25, 0.3) is 0 Å². The zero-order chi connectivity index (χ0) is 17.1. The van der Waals surface area contributed by atoms with E-state index in [1.54, 1.807) is 0 Å². The zero-order valence-corrected chi connectivity index (χ0v) is 16.0. The minimum absolute atomic E-state index is 0.198. The molecule has 0 N–H and O–H groups in total. The molecule has 2 heteroatoms. The van der Waals surface area contributed by atoms with Gasteiger partial charge in [0, 0.05) is 12.9 Å². The van der Waals surface area contributed by atoms with Crippen molar-refractivity contribution in [2.24, 2.45) is 0 Å². The van der Waals surface area contributed by atoms with Crippen molar-refractivity contribution in [3.05, 3.63) is 101 Å². The van der Waals surface area contributed by atoms with E-state index in [4.69, 9.17) is 11.2 Å². The number of hydrogen-bond acceptors (Lipinski definition) is 0. The van der Waals surface area contributed by atoms with Crippen LogP contribution in [0.5, 0.6) is 0 Å². The van der Waals surface area contributed by atoms with Crippen LogP contribution in [0.4, 0.5) is 0 Å². The monoisotopic (exact) mass is 352 g/mol. The molecule has 0 aliphatic carbocycles. The van der Waals surface area contributed by atoms with E-state index in [-0.39, 0.29) is 5.66 Å². The predicted molar refractivity (Wildman–Crippen MR) is 108 cm³/mol. The molecule has 0 amide bonds. The topological polar surface area (TPSA) is 0 Å². The molecule has 0 radical (unpaired) electrons. The molecule has 122 valence electrons. The van der Waals surface area contributed by atoms with Crippen LogP contribution < -0.4 is 5.30 Å². The summed E-state index contributed by atoms with van der Waals surface area (Å²) in [6, 6.07) is 25.8. The molecule has 0 fully saturated rings. The maximum atomic E-state index is 7.17. The van der Waals surface area contributed by atoms with Crippen molar-refractivity contribution in [2.45, 2.75) is 26.4 Å². The lowest BCUT2D eigenvalue weighted by molar-refractivity contribution is 1.15. The van der Waals surface area contributed by atoms with E-state index in [2.05, 4.69) is 93.6 Å². The minimum Gasteiger partial charge on any atom is -0.0901 e. The summed E-state index contributed by atoms with van der Waals surface area (Å²) in [6.07, 6.45) is 0. The Kier molecular flexibility index (Phi) is 5.39. The second-order valence-electron chi connectivity index (χ2n) is 6.28. The summed E-state index contributed by atoms with van der Waals surface area (Å²) in [5, 5.41) is 1.31. The number of halogens is 1. The SMILES string of the molecule is Cc1cc(C)c(P(Cl)C(c2ccccc2)c2ccccc2)c(C)c1. The Morgan fingerprint density at radius 2 is 1.12 bits per heavy atom. The third-order valence-corrected chi connectivity index (χ3v) is 7.58. The maximum absolute atomic E-state index is 7.17. The summed E-state index contributed by atoms with van der Waals surface area (Å²) in [7, 11) is -0.873. The summed E-state index contributed by atoms with van der Waals surface area (Å²) in [6.45, 7) is 6.51. The van der Waals surface area contributed by atoms with Crippen molar-refractivity contribution in [3.8, 4) is 0 Å². The summed E-state index contributed by atoms with van der Waals surface area (Å²) in [5.74, 6) is 0. The lowest BCUT2D eigenvalue weighted by Crippen LogP contribution is -2.13. The normalized spacial score (nSPS) is 12.4. The third-order valence-electron chi connectivity index (χ3n) is 4.31. The van der Waals surface area contributed by atoms with Gasteiger partial charge in [0.2, 0.25) is 0 Å². The van der Waals surface area contributed by atoms with E-state index >= 15 is 0 Å². The molecular formula is C22H22ClP. The molecule has 3 rings (SSSR count). The number of benzene rings is 3. The maximum Gasteiger partial charge on any atom is 0.0470 e. The van der Waals surface area contributed by atoms with Crippen LogP contribution >= 0.6 is 18.5 Å². The molecule has 3 aromatic carbocycles. The Labute approximate surface area is 151 Å². The summed E-state index contributed by atoms with van der Waals surface area (Å²) in [4.78, 5) is 0. The molecule has 0 aliphatic rings. The van der Waals surface area contributed by atoms with Crippen molar-refractivity contribution in [1.82, 2.24) is 0 Å². The molecule has 0 saturated carbocycles. The van der Waals surface area contributed by atoms with Gasteiger partial charge in [-0.1, -0.05) is 89.6 Å². The van der Waals surface area contributed by atoms with Gasteiger partial charge in [-0.2, -0.15) is 0 Å². The fraction of sp³-hybridized carbons (Fsp3) is 0.182. The highest BCUT2D eigenvalue weighted by Gasteiger charge is 2.27. The van der Waals surface area contributed by atoms with Gasteiger partial charge >= 0.3 is 0 Å². The third kappa shape index (κ3) is 3.56. The molecule has 0 aliphatic heterocycles. The highest BCUT2D eigenvalue weighted by atomic mass is 35.7. The van der Waals surface area contributed by atoms with Gasteiger partial charge in [0.1, 0.15) is 0 Å². The van der Waals surface area contributed by atoms with Crippen molar-refractivity contribution in [3.63, 3.8) is 0 Å². The quantitative estimate of drug-likeness (QED) is 0.460. The van der Waals surface area contributed by atoms with Crippen molar-refractivity contribution < 1.29 is 0 Å². The van der Waals surface area contributed by atoms with Crippen molar-refractivity contribution in [2.75, 3.05) is 0 Å². The van der Waals surface area contributed by atoms with E-state index in [9.17, 15) is 0 Å². The molecular weight excluding hydrogens is 331 g/mol. The molecule has 0 spiro atoms. The van der Waals surface area contributed by atoms with E-state index in [0.29, 0.717) is 0 Å². The van der Waals surface area contributed by atoms with Crippen LogP contribution in [0.3, 0.4) is 0 Å². The van der Waals surface area contributed by atoms with Crippen LogP contribution in [0, 0.1) is 20.8 Å². The fourth-order valence-electron chi connectivity index (χ4n) is 3.36. The minimum atomic E-state index is -0.873. The Balaban J connectivity index is 2.13. The smallest absolute Gasteiger partial charge is 0.0470 e.